The Morgan fingerprint density at radius 1 is 1.65 bits per heavy atom. The van der Waals surface area contributed by atoms with E-state index in [9.17, 15) is 4.79 Å². The molecule has 0 bridgehead atoms. The third-order valence-corrected chi connectivity index (χ3v) is 2.04. The van der Waals surface area contributed by atoms with Crippen molar-refractivity contribution in [3.8, 4) is 0 Å². The zero-order valence-corrected chi connectivity index (χ0v) is 9.93. The Bertz CT molecular complexity index is 371. The Morgan fingerprint density at radius 3 is 3.06 bits per heavy atom. The van der Waals surface area contributed by atoms with Crippen LogP contribution in [0.4, 0.5) is 11.8 Å². The average Bonchev–Trinajstić information content (AvgIpc) is 2.29. The number of anilines is 2. The molecule has 0 saturated heterocycles. The molecule has 1 aromatic rings. The molecular weight excluding hydrogens is 222 g/mol. The molecule has 0 saturated carbocycles. The smallest absolute Gasteiger partial charge is 0.242 e. The minimum Gasteiger partial charge on any atom is -0.383 e. The number of methoxy groups -OCH3 is 1. The lowest BCUT2D eigenvalue weighted by Crippen LogP contribution is -2.39. The molecule has 7 nitrogen and oxygen atoms in total. The molecule has 0 spiro atoms. The Labute approximate surface area is 99.8 Å². The number of nitrogens with two attached hydrogens (primary N) is 1. The van der Waals surface area contributed by atoms with Gasteiger partial charge in [-0.05, 0) is 13.0 Å². The highest BCUT2D eigenvalue weighted by atomic mass is 16.5. The maximum Gasteiger partial charge on any atom is 0.242 e. The van der Waals surface area contributed by atoms with Crippen molar-refractivity contribution in [3.05, 3.63) is 12.3 Å². The first-order valence-corrected chi connectivity index (χ1v) is 5.25. The predicted molar refractivity (Wildman–Crippen MR) is 64.4 cm³/mol. The number of carbonyl (C=O) groups excluding carboxylic acids is 1. The van der Waals surface area contributed by atoms with Gasteiger partial charge in [-0.25, -0.2) is 4.98 Å². The van der Waals surface area contributed by atoms with Crippen molar-refractivity contribution in [2.75, 3.05) is 31.3 Å². The van der Waals surface area contributed by atoms with Gasteiger partial charge in [0.2, 0.25) is 11.9 Å². The molecule has 1 heterocycles. The van der Waals surface area contributed by atoms with Crippen LogP contribution >= 0.6 is 0 Å². The molecule has 0 radical (unpaired) electrons. The number of carbonyl (C=O) groups is 1. The maximum absolute atomic E-state index is 11.6. The summed E-state index contributed by atoms with van der Waals surface area (Å²) >= 11 is 0. The minimum atomic E-state index is -0.402. The van der Waals surface area contributed by atoms with E-state index in [4.69, 9.17) is 10.5 Å². The Morgan fingerprint density at radius 2 is 2.41 bits per heavy atom. The van der Waals surface area contributed by atoms with E-state index in [-0.39, 0.29) is 11.9 Å². The molecule has 1 unspecified atom stereocenters. The molecule has 17 heavy (non-hydrogen) atoms. The van der Waals surface area contributed by atoms with Gasteiger partial charge in [0.25, 0.3) is 0 Å². The largest absolute Gasteiger partial charge is 0.383 e. The van der Waals surface area contributed by atoms with E-state index in [2.05, 4.69) is 20.6 Å². The van der Waals surface area contributed by atoms with Crippen LogP contribution in [0.3, 0.4) is 0 Å². The fraction of sp³-hybridized carbons (Fsp3) is 0.500. The third kappa shape index (κ3) is 4.64. The molecular formula is C10H17N5O2. The summed E-state index contributed by atoms with van der Waals surface area (Å²) in [6, 6.07) is 1.25. The van der Waals surface area contributed by atoms with Crippen LogP contribution in [0.25, 0.3) is 0 Å². The number of nitrogen functional groups attached to an aromatic ring is 1. The summed E-state index contributed by atoms with van der Waals surface area (Å²) in [7, 11) is 1.58. The highest BCUT2D eigenvalue weighted by molar-refractivity contribution is 5.83. The number of hydrogen-bond acceptors (Lipinski definition) is 6. The Kier molecular flexibility index (Phi) is 5.15. The Hall–Kier alpha value is -1.89. The van der Waals surface area contributed by atoms with Crippen LogP contribution in [0, 0.1) is 0 Å². The second-order valence-corrected chi connectivity index (χ2v) is 3.45. The molecule has 1 atom stereocenters. The number of rotatable bonds is 6. The van der Waals surface area contributed by atoms with Gasteiger partial charge in [0.05, 0.1) is 6.61 Å². The molecule has 0 fully saturated rings. The zero-order valence-electron chi connectivity index (χ0n) is 9.93. The summed E-state index contributed by atoms with van der Waals surface area (Å²) in [6.45, 7) is 2.70. The summed E-state index contributed by atoms with van der Waals surface area (Å²) in [5, 5.41) is 5.64. The zero-order chi connectivity index (χ0) is 12.7. The standard InChI is InChI=1S/C10H17N5O2/c1-7(9(16)12-5-6-17-2)14-8-3-4-13-10(11)15-8/h3-4,7H,5-6H2,1-2H3,(H,12,16)(H3,11,13,14,15). The summed E-state index contributed by atoms with van der Waals surface area (Å²) in [6.07, 6.45) is 1.53. The molecule has 1 aromatic heterocycles. The van der Waals surface area contributed by atoms with E-state index in [0.717, 1.165) is 0 Å². The van der Waals surface area contributed by atoms with Gasteiger partial charge in [0, 0.05) is 19.9 Å². The van der Waals surface area contributed by atoms with Crippen LogP contribution in [0.15, 0.2) is 12.3 Å². The summed E-state index contributed by atoms with van der Waals surface area (Å²) in [4.78, 5) is 19.3. The molecule has 0 aliphatic heterocycles. The molecule has 1 amide bonds. The van der Waals surface area contributed by atoms with Crippen molar-refractivity contribution in [1.29, 1.82) is 0 Å². The lowest BCUT2D eigenvalue weighted by atomic mass is 10.3. The monoisotopic (exact) mass is 239 g/mol. The number of ether oxygens (including phenoxy) is 1. The predicted octanol–water partition coefficient (Wildman–Crippen LogP) is -0.378. The fourth-order valence-electron chi connectivity index (χ4n) is 1.17. The number of nitrogens with zero attached hydrogens (tertiary/aromatic N) is 2. The Balaban J connectivity index is 2.43. The van der Waals surface area contributed by atoms with Crippen molar-refractivity contribution >= 4 is 17.7 Å². The SMILES string of the molecule is COCCNC(=O)C(C)Nc1ccnc(N)n1. The molecule has 4 N–H and O–H groups in total. The van der Waals surface area contributed by atoms with Gasteiger partial charge in [0.15, 0.2) is 0 Å². The quantitative estimate of drug-likeness (QED) is 0.585. The summed E-state index contributed by atoms with van der Waals surface area (Å²) < 4.78 is 4.83. The van der Waals surface area contributed by atoms with Gasteiger partial charge in [0.1, 0.15) is 11.9 Å². The van der Waals surface area contributed by atoms with Gasteiger partial charge < -0.3 is 21.1 Å². The van der Waals surface area contributed by atoms with Crippen LogP contribution in [0.2, 0.25) is 0 Å². The lowest BCUT2D eigenvalue weighted by molar-refractivity contribution is -0.121. The van der Waals surface area contributed by atoms with Crippen molar-refractivity contribution in [2.45, 2.75) is 13.0 Å². The molecule has 0 aliphatic carbocycles. The van der Waals surface area contributed by atoms with Crippen LogP contribution in [-0.2, 0) is 9.53 Å². The molecule has 0 aromatic carbocycles. The molecule has 0 aliphatic rings. The number of amides is 1. The van der Waals surface area contributed by atoms with E-state index < -0.39 is 6.04 Å². The van der Waals surface area contributed by atoms with Crippen LogP contribution in [-0.4, -0.2) is 42.2 Å². The highest BCUT2D eigenvalue weighted by Gasteiger charge is 2.12. The number of nitrogens with one attached hydrogen (secondary N) is 2. The molecule has 7 heteroatoms. The maximum atomic E-state index is 11.6. The van der Waals surface area contributed by atoms with E-state index in [1.807, 2.05) is 0 Å². The van der Waals surface area contributed by atoms with Gasteiger partial charge in [-0.2, -0.15) is 4.98 Å². The first-order valence-electron chi connectivity index (χ1n) is 5.25. The van der Waals surface area contributed by atoms with Crippen LogP contribution < -0.4 is 16.4 Å². The van der Waals surface area contributed by atoms with Gasteiger partial charge in [-0.3, -0.25) is 4.79 Å². The van der Waals surface area contributed by atoms with Gasteiger partial charge >= 0.3 is 0 Å². The summed E-state index contributed by atoms with van der Waals surface area (Å²) in [5.41, 5.74) is 5.43. The minimum absolute atomic E-state index is 0.126. The average molecular weight is 239 g/mol. The van der Waals surface area contributed by atoms with Crippen molar-refractivity contribution < 1.29 is 9.53 Å². The van der Waals surface area contributed by atoms with E-state index in [1.165, 1.54) is 6.20 Å². The second-order valence-electron chi connectivity index (χ2n) is 3.45. The van der Waals surface area contributed by atoms with Crippen molar-refractivity contribution in [1.82, 2.24) is 15.3 Å². The number of aromatic nitrogens is 2. The first kappa shape index (κ1) is 13.2. The molecule has 94 valence electrons. The van der Waals surface area contributed by atoms with Crippen LogP contribution in [0.1, 0.15) is 6.92 Å². The normalized spacial score (nSPS) is 11.9. The number of hydrogen-bond donors (Lipinski definition) is 3. The highest BCUT2D eigenvalue weighted by Crippen LogP contribution is 2.04. The van der Waals surface area contributed by atoms with Gasteiger partial charge in [-0.1, -0.05) is 0 Å². The molecule has 1 rings (SSSR count). The third-order valence-electron chi connectivity index (χ3n) is 2.04. The first-order chi connectivity index (χ1) is 8.13. The van der Waals surface area contributed by atoms with Crippen molar-refractivity contribution in [3.63, 3.8) is 0 Å². The fourth-order valence-corrected chi connectivity index (χ4v) is 1.17. The van der Waals surface area contributed by atoms with Gasteiger partial charge in [-0.15, -0.1) is 0 Å². The van der Waals surface area contributed by atoms with E-state index in [1.54, 1.807) is 20.1 Å². The van der Waals surface area contributed by atoms with E-state index >= 15 is 0 Å². The van der Waals surface area contributed by atoms with E-state index in [0.29, 0.717) is 19.0 Å². The van der Waals surface area contributed by atoms with Crippen LogP contribution in [0.5, 0.6) is 0 Å². The topological polar surface area (TPSA) is 102 Å². The second kappa shape index (κ2) is 6.64. The van der Waals surface area contributed by atoms with Crippen molar-refractivity contribution in [2.24, 2.45) is 0 Å². The lowest BCUT2D eigenvalue weighted by Gasteiger charge is -2.14. The summed E-state index contributed by atoms with van der Waals surface area (Å²) in [5.74, 6) is 0.563.